The molecule has 0 bridgehead atoms. The number of hydrazine groups is 1. The Bertz CT molecular complexity index is 461. The number of nitrogens with one attached hydrogen (secondary N) is 1. The van der Waals surface area contributed by atoms with Crippen molar-refractivity contribution >= 4 is 11.6 Å². The van der Waals surface area contributed by atoms with Crippen LogP contribution in [0.25, 0.3) is 0 Å². The standard InChI is InChI=1S/C14H22N4O/c1-3-11-6-4-5-7-18(11)14(19)12-9-16-10(2)8-13(12)17-15/h8-9,11H,3-7,15H2,1-2H3,(H,16,17). The molecule has 19 heavy (non-hydrogen) atoms. The summed E-state index contributed by atoms with van der Waals surface area (Å²) in [7, 11) is 0. The van der Waals surface area contributed by atoms with E-state index in [1.807, 2.05) is 11.8 Å². The molecule has 1 aliphatic rings. The molecular weight excluding hydrogens is 240 g/mol. The monoisotopic (exact) mass is 262 g/mol. The van der Waals surface area contributed by atoms with Gasteiger partial charge in [0.1, 0.15) is 0 Å². The van der Waals surface area contributed by atoms with Crippen LogP contribution >= 0.6 is 0 Å². The predicted octanol–water partition coefficient (Wildman–Crippen LogP) is 2.08. The van der Waals surface area contributed by atoms with Crippen LogP contribution < -0.4 is 11.3 Å². The first-order valence-corrected chi connectivity index (χ1v) is 6.91. The first-order chi connectivity index (χ1) is 9.17. The summed E-state index contributed by atoms with van der Waals surface area (Å²) >= 11 is 0. The van der Waals surface area contributed by atoms with Crippen molar-refractivity contribution in [2.45, 2.75) is 45.6 Å². The lowest BCUT2D eigenvalue weighted by Crippen LogP contribution is -2.43. The van der Waals surface area contributed by atoms with E-state index in [1.165, 1.54) is 6.42 Å². The Labute approximate surface area is 114 Å². The topological polar surface area (TPSA) is 71.2 Å². The Morgan fingerprint density at radius 2 is 2.37 bits per heavy atom. The average Bonchev–Trinajstić information content (AvgIpc) is 2.46. The second-order valence-electron chi connectivity index (χ2n) is 5.07. The lowest BCUT2D eigenvalue weighted by atomic mass is 9.99. The van der Waals surface area contributed by atoms with Crippen molar-refractivity contribution in [2.75, 3.05) is 12.0 Å². The van der Waals surface area contributed by atoms with Crippen molar-refractivity contribution in [1.29, 1.82) is 0 Å². The summed E-state index contributed by atoms with van der Waals surface area (Å²) in [5.41, 5.74) is 4.66. The summed E-state index contributed by atoms with van der Waals surface area (Å²) in [6.45, 7) is 4.84. The molecule has 5 heteroatoms. The van der Waals surface area contributed by atoms with E-state index in [4.69, 9.17) is 5.84 Å². The minimum atomic E-state index is 0.0343. The number of hydrogen-bond donors (Lipinski definition) is 2. The smallest absolute Gasteiger partial charge is 0.257 e. The molecule has 1 amide bonds. The second-order valence-corrected chi connectivity index (χ2v) is 5.07. The van der Waals surface area contributed by atoms with Crippen molar-refractivity contribution in [2.24, 2.45) is 5.84 Å². The Morgan fingerprint density at radius 3 is 3.05 bits per heavy atom. The Kier molecular flexibility index (Phi) is 4.37. The third-order valence-electron chi connectivity index (χ3n) is 3.79. The quantitative estimate of drug-likeness (QED) is 0.646. The number of aromatic nitrogens is 1. The number of aryl methyl sites for hydroxylation is 1. The van der Waals surface area contributed by atoms with Gasteiger partial charge in [-0.2, -0.15) is 0 Å². The average molecular weight is 262 g/mol. The number of anilines is 1. The van der Waals surface area contributed by atoms with Gasteiger partial charge in [0.05, 0.1) is 11.3 Å². The number of nitrogens with two attached hydrogens (primary N) is 1. The molecule has 0 radical (unpaired) electrons. The molecule has 0 aliphatic carbocycles. The highest BCUT2D eigenvalue weighted by atomic mass is 16.2. The number of nitrogens with zero attached hydrogens (tertiary/aromatic N) is 2. The zero-order valence-electron chi connectivity index (χ0n) is 11.6. The molecule has 3 N–H and O–H groups in total. The van der Waals surface area contributed by atoms with E-state index in [0.717, 1.165) is 31.5 Å². The van der Waals surface area contributed by atoms with Gasteiger partial charge in [-0.15, -0.1) is 0 Å². The molecule has 5 nitrogen and oxygen atoms in total. The van der Waals surface area contributed by atoms with Gasteiger partial charge < -0.3 is 10.3 Å². The molecular formula is C14H22N4O. The summed E-state index contributed by atoms with van der Waals surface area (Å²) in [6, 6.07) is 2.14. The van der Waals surface area contributed by atoms with Crippen LogP contribution in [0.3, 0.4) is 0 Å². The SMILES string of the molecule is CCC1CCCCN1C(=O)c1cnc(C)cc1NN. The van der Waals surface area contributed by atoms with Crippen molar-refractivity contribution in [3.63, 3.8) is 0 Å². The molecule has 0 aromatic carbocycles. The van der Waals surface area contributed by atoms with Gasteiger partial charge in [-0.05, 0) is 38.7 Å². The first kappa shape index (κ1) is 13.8. The van der Waals surface area contributed by atoms with E-state index < -0.39 is 0 Å². The Hall–Kier alpha value is -1.62. The zero-order chi connectivity index (χ0) is 13.8. The van der Waals surface area contributed by atoms with Gasteiger partial charge in [0.2, 0.25) is 0 Å². The molecule has 1 aliphatic heterocycles. The lowest BCUT2D eigenvalue weighted by molar-refractivity contribution is 0.0608. The van der Waals surface area contributed by atoms with Crippen molar-refractivity contribution in [3.8, 4) is 0 Å². The fourth-order valence-corrected chi connectivity index (χ4v) is 2.70. The van der Waals surface area contributed by atoms with Crippen LogP contribution in [0.5, 0.6) is 0 Å². The van der Waals surface area contributed by atoms with Crippen LogP contribution in [0, 0.1) is 6.92 Å². The van der Waals surface area contributed by atoms with Gasteiger partial charge >= 0.3 is 0 Å². The largest absolute Gasteiger partial charge is 0.336 e. The highest BCUT2D eigenvalue weighted by Crippen LogP contribution is 2.24. The van der Waals surface area contributed by atoms with E-state index in [0.29, 0.717) is 17.3 Å². The maximum absolute atomic E-state index is 12.7. The van der Waals surface area contributed by atoms with Crippen LogP contribution in [0.2, 0.25) is 0 Å². The normalized spacial score (nSPS) is 19.3. The second kappa shape index (κ2) is 6.02. The summed E-state index contributed by atoms with van der Waals surface area (Å²) in [5.74, 6) is 5.54. The van der Waals surface area contributed by atoms with Gasteiger partial charge in [0.15, 0.2) is 0 Å². The fraction of sp³-hybridized carbons (Fsp3) is 0.571. The number of nitrogen functional groups attached to an aromatic ring is 1. The number of carbonyl (C=O) groups excluding carboxylic acids is 1. The lowest BCUT2D eigenvalue weighted by Gasteiger charge is -2.35. The van der Waals surface area contributed by atoms with Gasteiger partial charge in [-0.25, -0.2) is 0 Å². The van der Waals surface area contributed by atoms with Crippen LogP contribution in [0.15, 0.2) is 12.3 Å². The van der Waals surface area contributed by atoms with Crippen molar-refractivity contribution in [3.05, 3.63) is 23.5 Å². The summed E-state index contributed by atoms with van der Waals surface area (Å²) < 4.78 is 0. The third kappa shape index (κ3) is 2.87. The molecule has 1 saturated heterocycles. The minimum Gasteiger partial charge on any atom is -0.336 e. The van der Waals surface area contributed by atoms with Crippen LogP contribution in [0.1, 0.15) is 48.7 Å². The molecule has 2 heterocycles. The molecule has 1 fully saturated rings. The van der Waals surface area contributed by atoms with E-state index in [-0.39, 0.29) is 5.91 Å². The molecule has 0 spiro atoms. The number of hydrogen-bond acceptors (Lipinski definition) is 4. The summed E-state index contributed by atoms with van der Waals surface area (Å²) in [5, 5.41) is 0. The summed E-state index contributed by atoms with van der Waals surface area (Å²) in [4.78, 5) is 18.8. The zero-order valence-corrected chi connectivity index (χ0v) is 11.6. The van der Waals surface area contributed by atoms with E-state index in [1.54, 1.807) is 12.3 Å². The van der Waals surface area contributed by atoms with Crippen molar-refractivity contribution in [1.82, 2.24) is 9.88 Å². The van der Waals surface area contributed by atoms with Crippen LogP contribution in [-0.4, -0.2) is 28.4 Å². The molecule has 104 valence electrons. The van der Waals surface area contributed by atoms with Gasteiger partial charge in [-0.1, -0.05) is 6.92 Å². The number of pyridine rings is 1. The highest BCUT2D eigenvalue weighted by molar-refractivity contribution is 5.99. The molecule has 1 unspecified atom stereocenters. The first-order valence-electron chi connectivity index (χ1n) is 6.91. The van der Waals surface area contributed by atoms with E-state index in [9.17, 15) is 4.79 Å². The minimum absolute atomic E-state index is 0.0343. The van der Waals surface area contributed by atoms with Gasteiger partial charge in [0, 0.05) is 24.5 Å². The number of carbonyl (C=O) groups is 1. The van der Waals surface area contributed by atoms with Crippen molar-refractivity contribution < 1.29 is 4.79 Å². The molecule has 2 rings (SSSR count). The number of rotatable bonds is 3. The molecule has 0 saturated carbocycles. The predicted molar refractivity (Wildman–Crippen MR) is 75.8 cm³/mol. The Morgan fingerprint density at radius 1 is 1.58 bits per heavy atom. The van der Waals surface area contributed by atoms with Crippen LogP contribution in [0.4, 0.5) is 5.69 Å². The number of likely N-dealkylation sites (tertiary alicyclic amines) is 1. The van der Waals surface area contributed by atoms with Crippen LogP contribution in [-0.2, 0) is 0 Å². The third-order valence-corrected chi connectivity index (χ3v) is 3.79. The van der Waals surface area contributed by atoms with Gasteiger partial charge in [-0.3, -0.25) is 15.6 Å². The molecule has 1 aromatic heterocycles. The number of piperidine rings is 1. The maximum atomic E-state index is 12.7. The molecule has 1 atom stereocenters. The highest BCUT2D eigenvalue weighted by Gasteiger charge is 2.27. The Balaban J connectivity index is 2.27. The molecule has 1 aromatic rings. The fourth-order valence-electron chi connectivity index (χ4n) is 2.70. The van der Waals surface area contributed by atoms with E-state index >= 15 is 0 Å². The summed E-state index contributed by atoms with van der Waals surface area (Å²) in [6.07, 6.45) is 5.99. The van der Waals surface area contributed by atoms with E-state index in [2.05, 4.69) is 17.3 Å². The number of amides is 1. The van der Waals surface area contributed by atoms with Gasteiger partial charge in [0.25, 0.3) is 5.91 Å². The maximum Gasteiger partial charge on any atom is 0.257 e.